The maximum absolute atomic E-state index is 12.9. The second kappa shape index (κ2) is 6.27. The Morgan fingerprint density at radius 1 is 1.41 bits per heavy atom. The Hall–Kier alpha value is -2.21. The smallest absolute Gasteiger partial charge is 0.254 e. The fourth-order valence-electron chi connectivity index (χ4n) is 3.04. The highest BCUT2D eigenvalue weighted by Crippen LogP contribution is 2.22. The van der Waals surface area contributed by atoms with Crippen LogP contribution in [0.5, 0.6) is 0 Å². The minimum absolute atomic E-state index is 0.0113. The third-order valence-corrected chi connectivity index (χ3v) is 4.19. The van der Waals surface area contributed by atoms with E-state index in [1.54, 1.807) is 11.0 Å². The van der Waals surface area contributed by atoms with Gasteiger partial charge in [0.2, 0.25) is 0 Å². The molecule has 0 aliphatic carbocycles. The zero-order valence-corrected chi connectivity index (χ0v) is 12.7. The zero-order valence-electron chi connectivity index (χ0n) is 12.7. The van der Waals surface area contributed by atoms with Crippen LogP contribution in [0.2, 0.25) is 0 Å². The van der Waals surface area contributed by atoms with Crippen LogP contribution in [0, 0.1) is 0 Å². The van der Waals surface area contributed by atoms with Gasteiger partial charge in [-0.25, -0.2) is 9.67 Å². The second-order valence-electron chi connectivity index (χ2n) is 5.81. The summed E-state index contributed by atoms with van der Waals surface area (Å²) in [5, 5.41) is 4.10. The van der Waals surface area contributed by atoms with Gasteiger partial charge in [0.15, 0.2) is 0 Å². The molecule has 2 aromatic rings. The molecule has 3 rings (SSSR count). The van der Waals surface area contributed by atoms with Crippen molar-refractivity contribution in [2.75, 3.05) is 6.54 Å². The fourth-order valence-corrected chi connectivity index (χ4v) is 3.04. The van der Waals surface area contributed by atoms with Gasteiger partial charge in [-0.3, -0.25) is 4.79 Å². The van der Waals surface area contributed by atoms with Gasteiger partial charge in [0.1, 0.15) is 12.7 Å². The summed E-state index contributed by atoms with van der Waals surface area (Å²) in [4.78, 5) is 18.7. The SMILES string of the molecule is C[C@@H](N)[C@@H]1CCCCN1C(=O)c1cccc(-n2cncn2)c1. The molecule has 0 radical (unpaired) electrons. The monoisotopic (exact) mass is 299 g/mol. The van der Waals surface area contributed by atoms with Gasteiger partial charge in [-0.2, -0.15) is 5.10 Å². The standard InChI is InChI=1S/C16H21N5O/c1-12(17)15-7-2-3-8-20(15)16(22)13-5-4-6-14(9-13)21-11-18-10-19-21/h4-6,9-12,15H,2-3,7-8,17H2,1H3/t12-,15+/m1/s1. The van der Waals surface area contributed by atoms with Gasteiger partial charge in [-0.1, -0.05) is 6.07 Å². The van der Waals surface area contributed by atoms with Crippen LogP contribution < -0.4 is 5.73 Å². The van der Waals surface area contributed by atoms with Crippen molar-refractivity contribution < 1.29 is 4.79 Å². The van der Waals surface area contributed by atoms with E-state index in [9.17, 15) is 4.79 Å². The number of piperidine rings is 1. The Morgan fingerprint density at radius 3 is 3.00 bits per heavy atom. The number of nitrogens with zero attached hydrogens (tertiary/aromatic N) is 4. The van der Waals surface area contributed by atoms with Crippen LogP contribution in [0.3, 0.4) is 0 Å². The molecule has 1 saturated heterocycles. The molecule has 1 fully saturated rings. The Balaban J connectivity index is 1.86. The first-order chi connectivity index (χ1) is 10.7. The predicted molar refractivity (Wildman–Crippen MR) is 83.7 cm³/mol. The number of carbonyl (C=O) groups excluding carboxylic acids is 1. The first-order valence-corrected chi connectivity index (χ1v) is 7.68. The number of carbonyl (C=O) groups is 1. The van der Waals surface area contributed by atoms with Gasteiger partial charge < -0.3 is 10.6 Å². The van der Waals surface area contributed by atoms with Gasteiger partial charge in [0, 0.05) is 24.2 Å². The molecule has 1 aromatic carbocycles. The van der Waals surface area contributed by atoms with Crippen LogP contribution in [-0.2, 0) is 0 Å². The van der Waals surface area contributed by atoms with Gasteiger partial charge in [-0.15, -0.1) is 0 Å². The number of likely N-dealkylation sites (tertiary alicyclic amines) is 1. The minimum atomic E-state index is -0.0113. The van der Waals surface area contributed by atoms with Gasteiger partial charge in [-0.05, 0) is 44.4 Å². The summed E-state index contributed by atoms with van der Waals surface area (Å²) in [6.45, 7) is 2.75. The molecule has 0 saturated carbocycles. The summed E-state index contributed by atoms with van der Waals surface area (Å²) in [7, 11) is 0. The fraction of sp³-hybridized carbons (Fsp3) is 0.438. The Labute approximate surface area is 129 Å². The highest BCUT2D eigenvalue weighted by atomic mass is 16.2. The molecule has 6 nitrogen and oxygen atoms in total. The highest BCUT2D eigenvalue weighted by Gasteiger charge is 2.29. The molecule has 2 atom stereocenters. The van der Waals surface area contributed by atoms with E-state index in [-0.39, 0.29) is 18.0 Å². The Morgan fingerprint density at radius 2 is 2.27 bits per heavy atom. The molecule has 0 spiro atoms. The summed E-state index contributed by atoms with van der Waals surface area (Å²) in [6, 6.07) is 7.58. The summed E-state index contributed by atoms with van der Waals surface area (Å²) < 4.78 is 1.65. The largest absolute Gasteiger partial charge is 0.334 e. The zero-order chi connectivity index (χ0) is 15.5. The molecule has 2 N–H and O–H groups in total. The lowest BCUT2D eigenvalue weighted by atomic mass is 9.96. The number of nitrogens with two attached hydrogens (primary N) is 1. The molecule has 6 heteroatoms. The lowest BCUT2D eigenvalue weighted by Crippen LogP contribution is -2.51. The van der Waals surface area contributed by atoms with Crippen molar-refractivity contribution in [3.63, 3.8) is 0 Å². The summed E-state index contributed by atoms with van der Waals surface area (Å²) in [5.41, 5.74) is 7.56. The van der Waals surface area contributed by atoms with E-state index in [0.29, 0.717) is 5.56 Å². The molecular weight excluding hydrogens is 278 g/mol. The number of hydrogen-bond acceptors (Lipinski definition) is 4. The lowest BCUT2D eigenvalue weighted by Gasteiger charge is -2.38. The van der Waals surface area contributed by atoms with Crippen LogP contribution in [0.1, 0.15) is 36.5 Å². The van der Waals surface area contributed by atoms with Crippen molar-refractivity contribution in [3.05, 3.63) is 42.5 Å². The maximum Gasteiger partial charge on any atom is 0.254 e. The normalized spacial score (nSPS) is 19.9. The first kappa shape index (κ1) is 14.7. The average molecular weight is 299 g/mol. The van der Waals surface area contributed by atoms with E-state index >= 15 is 0 Å². The van der Waals surface area contributed by atoms with Gasteiger partial charge in [0.25, 0.3) is 5.91 Å². The molecule has 1 aliphatic heterocycles. The van der Waals surface area contributed by atoms with Crippen molar-refractivity contribution >= 4 is 5.91 Å². The van der Waals surface area contributed by atoms with Crippen molar-refractivity contribution in [1.29, 1.82) is 0 Å². The van der Waals surface area contributed by atoms with E-state index in [1.165, 1.54) is 6.33 Å². The van der Waals surface area contributed by atoms with E-state index < -0.39 is 0 Å². The molecular formula is C16H21N5O. The number of hydrogen-bond donors (Lipinski definition) is 1. The third kappa shape index (κ3) is 2.87. The van der Waals surface area contributed by atoms with Crippen LogP contribution in [0.15, 0.2) is 36.9 Å². The molecule has 2 heterocycles. The van der Waals surface area contributed by atoms with Crippen LogP contribution in [-0.4, -0.2) is 44.2 Å². The maximum atomic E-state index is 12.9. The lowest BCUT2D eigenvalue weighted by molar-refractivity contribution is 0.0584. The van der Waals surface area contributed by atoms with E-state index in [1.807, 2.05) is 36.1 Å². The molecule has 22 heavy (non-hydrogen) atoms. The number of amides is 1. The first-order valence-electron chi connectivity index (χ1n) is 7.68. The minimum Gasteiger partial charge on any atom is -0.334 e. The van der Waals surface area contributed by atoms with Crippen molar-refractivity contribution in [2.45, 2.75) is 38.3 Å². The van der Waals surface area contributed by atoms with Crippen LogP contribution in [0.4, 0.5) is 0 Å². The Kier molecular flexibility index (Phi) is 4.20. The molecule has 1 aliphatic rings. The molecule has 1 amide bonds. The van der Waals surface area contributed by atoms with E-state index in [4.69, 9.17) is 5.73 Å². The highest BCUT2D eigenvalue weighted by molar-refractivity contribution is 5.95. The van der Waals surface area contributed by atoms with Crippen molar-refractivity contribution in [3.8, 4) is 5.69 Å². The van der Waals surface area contributed by atoms with Crippen molar-refractivity contribution in [1.82, 2.24) is 19.7 Å². The predicted octanol–water partition coefficient (Wildman–Crippen LogP) is 1.61. The molecule has 0 bridgehead atoms. The molecule has 1 aromatic heterocycles. The average Bonchev–Trinajstić information content (AvgIpc) is 3.09. The Bertz CT molecular complexity index is 638. The summed E-state index contributed by atoms with van der Waals surface area (Å²) in [5.74, 6) is 0.0453. The van der Waals surface area contributed by atoms with Crippen molar-refractivity contribution in [2.24, 2.45) is 5.73 Å². The third-order valence-electron chi connectivity index (χ3n) is 4.19. The van der Waals surface area contributed by atoms with E-state index in [0.717, 1.165) is 31.5 Å². The van der Waals surface area contributed by atoms with Crippen LogP contribution >= 0.6 is 0 Å². The molecule has 116 valence electrons. The second-order valence-corrected chi connectivity index (χ2v) is 5.81. The quantitative estimate of drug-likeness (QED) is 0.934. The number of aromatic nitrogens is 3. The van der Waals surface area contributed by atoms with E-state index in [2.05, 4.69) is 10.1 Å². The summed E-state index contributed by atoms with van der Waals surface area (Å²) in [6.07, 6.45) is 6.25. The molecule has 0 unspecified atom stereocenters. The van der Waals surface area contributed by atoms with Crippen LogP contribution in [0.25, 0.3) is 5.69 Å². The number of rotatable bonds is 3. The van der Waals surface area contributed by atoms with Gasteiger partial charge in [0.05, 0.1) is 5.69 Å². The topological polar surface area (TPSA) is 77.0 Å². The number of benzene rings is 1. The van der Waals surface area contributed by atoms with Gasteiger partial charge >= 0.3 is 0 Å². The summed E-state index contributed by atoms with van der Waals surface area (Å²) >= 11 is 0.